The van der Waals surface area contributed by atoms with E-state index >= 15 is 0 Å². The Morgan fingerprint density at radius 3 is 2.64 bits per heavy atom. The van der Waals surface area contributed by atoms with Gasteiger partial charge in [0.2, 0.25) is 11.8 Å². The Hall–Kier alpha value is -3.69. The number of likely N-dealkylation sites (N-methyl/N-ethyl adjacent to an activating group) is 2. The van der Waals surface area contributed by atoms with Gasteiger partial charge in [-0.25, -0.2) is 9.78 Å². The molecule has 2 heterocycles. The van der Waals surface area contributed by atoms with Crippen LogP contribution in [-0.4, -0.2) is 90.5 Å². The molecule has 3 aromatic rings. The molecule has 1 saturated heterocycles. The maximum atomic E-state index is 13.1. The number of rotatable bonds is 10. The number of amides is 3. The fourth-order valence-corrected chi connectivity index (χ4v) is 4.74. The predicted molar refractivity (Wildman–Crippen MR) is 152 cm³/mol. The maximum Gasteiger partial charge on any atom is 0.412 e. The molecule has 0 saturated carbocycles. The number of ether oxygens (including phenoxy) is 1. The van der Waals surface area contributed by atoms with Gasteiger partial charge >= 0.3 is 6.09 Å². The molecule has 9 nitrogen and oxygen atoms in total. The molecule has 1 aliphatic rings. The minimum Gasteiger partial charge on any atom is -0.447 e. The number of pyridine rings is 1. The smallest absolute Gasteiger partial charge is 0.412 e. The summed E-state index contributed by atoms with van der Waals surface area (Å²) in [5.41, 5.74) is 0.909. The van der Waals surface area contributed by atoms with Gasteiger partial charge in [-0.2, -0.15) is 0 Å². The molecular weight excluding hydrogens is 518 g/mol. The van der Waals surface area contributed by atoms with Crippen LogP contribution < -0.4 is 5.32 Å². The number of carbonyl (C=O) groups excluding carboxylic acids is 3. The van der Waals surface area contributed by atoms with Crippen molar-refractivity contribution in [3.05, 3.63) is 71.4 Å². The van der Waals surface area contributed by atoms with Gasteiger partial charge in [0.15, 0.2) is 0 Å². The summed E-state index contributed by atoms with van der Waals surface area (Å²) in [6.45, 7) is 2.36. The minimum atomic E-state index is -0.644. The fraction of sp³-hybridized carbons (Fsp3) is 0.379. The number of hydrogen-bond acceptors (Lipinski definition) is 6. The topological polar surface area (TPSA) is 95.1 Å². The second-order valence-electron chi connectivity index (χ2n) is 9.77. The first-order valence-electron chi connectivity index (χ1n) is 13.0. The lowest BCUT2D eigenvalue weighted by molar-refractivity contribution is -0.135. The zero-order valence-electron chi connectivity index (χ0n) is 22.3. The molecule has 10 heteroatoms. The summed E-state index contributed by atoms with van der Waals surface area (Å²) in [6.07, 6.45) is 2.38. The zero-order chi connectivity index (χ0) is 27.8. The highest BCUT2D eigenvalue weighted by Crippen LogP contribution is 2.19. The van der Waals surface area contributed by atoms with E-state index in [-0.39, 0.29) is 30.9 Å². The Kier molecular flexibility index (Phi) is 9.73. The van der Waals surface area contributed by atoms with E-state index in [0.717, 1.165) is 22.9 Å². The van der Waals surface area contributed by atoms with Crippen molar-refractivity contribution in [2.45, 2.75) is 25.3 Å². The summed E-state index contributed by atoms with van der Waals surface area (Å²) in [4.78, 5) is 47.6. The number of aromatic nitrogens is 1. The van der Waals surface area contributed by atoms with E-state index < -0.39 is 6.09 Å². The SMILES string of the molecule is CN1CCN(CC[C@@H](COC(=O)Nc2cc3ccccc3cn2)N(C)C(=O)CCc2ccccc2Cl)CC1=O. The van der Waals surface area contributed by atoms with Crippen molar-refractivity contribution < 1.29 is 19.1 Å². The van der Waals surface area contributed by atoms with Gasteiger partial charge in [0.25, 0.3) is 0 Å². The summed E-state index contributed by atoms with van der Waals surface area (Å²) in [5, 5.41) is 5.23. The third-order valence-electron chi connectivity index (χ3n) is 7.09. The second-order valence-corrected chi connectivity index (χ2v) is 10.2. The van der Waals surface area contributed by atoms with Crippen LogP contribution in [0, 0.1) is 0 Å². The van der Waals surface area contributed by atoms with E-state index in [1.54, 1.807) is 36.2 Å². The third kappa shape index (κ3) is 7.91. The van der Waals surface area contributed by atoms with Gasteiger partial charge in [-0.3, -0.25) is 19.8 Å². The summed E-state index contributed by atoms with van der Waals surface area (Å²) >= 11 is 6.26. The van der Waals surface area contributed by atoms with Crippen LogP contribution in [0.2, 0.25) is 5.02 Å². The maximum absolute atomic E-state index is 13.1. The average Bonchev–Trinajstić information content (AvgIpc) is 2.94. The molecule has 0 unspecified atom stereocenters. The lowest BCUT2D eigenvalue weighted by Gasteiger charge is -2.34. The Morgan fingerprint density at radius 2 is 1.87 bits per heavy atom. The standard InChI is InChI=1S/C29H34ClN5O4/c1-33-15-16-35(19-28(33)37)14-13-24(34(2)27(36)12-11-21-7-5-6-10-25(21)30)20-39-29(38)32-26-17-22-8-3-4-9-23(22)18-31-26/h3-10,17-18,24H,11-16,19-20H2,1-2H3,(H,31,32,38)/t24-/m0/s1. The van der Waals surface area contributed by atoms with E-state index in [2.05, 4.69) is 15.2 Å². The Balaban J connectivity index is 1.36. The number of anilines is 1. The van der Waals surface area contributed by atoms with Crippen molar-refractivity contribution in [3.8, 4) is 0 Å². The van der Waals surface area contributed by atoms with Gasteiger partial charge in [0, 0.05) is 56.8 Å². The van der Waals surface area contributed by atoms with Crippen LogP contribution in [0.3, 0.4) is 0 Å². The molecule has 4 rings (SSSR count). The summed E-state index contributed by atoms with van der Waals surface area (Å²) in [7, 11) is 3.52. The molecule has 1 atom stereocenters. The second kappa shape index (κ2) is 13.4. The van der Waals surface area contributed by atoms with Gasteiger partial charge in [-0.05, 0) is 35.9 Å². The lowest BCUT2D eigenvalue weighted by Crippen LogP contribution is -2.50. The number of carbonyl (C=O) groups is 3. The molecule has 206 valence electrons. The van der Waals surface area contributed by atoms with E-state index in [1.165, 1.54) is 0 Å². The molecule has 0 spiro atoms. The monoisotopic (exact) mass is 551 g/mol. The molecule has 39 heavy (non-hydrogen) atoms. The van der Waals surface area contributed by atoms with Crippen molar-refractivity contribution in [3.63, 3.8) is 0 Å². The van der Waals surface area contributed by atoms with Crippen LogP contribution >= 0.6 is 11.6 Å². The van der Waals surface area contributed by atoms with E-state index in [1.807, 2.05) is 48.5 Å². The number of halogens is 1. The van der Waals surface area contributed by atoms with Gasteiger partial charge in [0.05, 0.1) is 12.6 Å². The highest BCUT2D eigenvalue weighted by atomic mass is 35.5. The summed E-state index contributed by atoms with van der Waals surface area (Å²) in [6, 6.07) is 16.6. The van der Waals surface area contributed by atoms with Gasteiger partial charge in [-0.15, -0.1) is 0 Å². The fourth-order valence-electron chi connectivity index (χ4n) is 4.51. The normalized spacial score (nSPS) is 14.7. The number of nitrogens with zero attached hydrogens (tertiary/aromatic N) is 4. The molecule has 0 radical (unpaired) electrons. The average molecular weight is 552 g/mol. The lowest BCUT2D eigenvalue weighted by atomic mass is 10.1. The Morgan fingerprint density at radius 1 is 1.13 bits per heavy atom. The van der Waals surface area contributed by atoms with Crippen LogP contribution in [0.5, 0.6) is 0 Å². The van der Waals surface area contributed by atoms with Crippen molar-refractivity contribution in [1.82, 2.24) is 19.7 Å². The van der Waals surface area contributed by atoms with Crippen LogP contribution in [0.1, 0.15) is 18.4 Å². The molecule has 1 N–H and O–H groups in total. The van der Waals surface area contributed by atoms with Crippen LogP contribution in [0.15, 0.2) is 60.8 Å². The molecule has 1 aliphatic heterocycles. The minimum absolute atomic E-state index is 0.00936. The van der Waals surface area contributed by atoms with Crippen molar-refractivity contribution in [2.24, 2.45) is 0 Å². The van der Waals surface area contributed by atoms with Gasteiger partial charge in [-0.1, -0.05) is 54.1 Å². The molecule has 1 aromatic heterocycles. The Labute approximate surface area is 233 Å². The largest absolute Gasteiger partial charge is 0.447 e. The number of fused-ring (bicyclic) bond motifs is 1. The number of piperazine rings is 1. The molecule has 0 aliphatic carbocycles. The molecule has 0 bridgehead atoms. The molecule has 3 amide bonds. The first-order chi connectivity index (χ1) is 18.8. The van der Waals surface area contributed by atoms with E-state index in [4.69, 9.17) is 16.3 Å². The van der Waals surface area contributed by atoms with E-state index in [0.29, 0.717) is 43.3 Å². The molecular formula is C29H34ClN5O4. The van der Waals surface area contributed by atoms with E-state index in [9.17, 15) is 14.4 Å². The Bertz CT molecular complexity index is 1320. The zero-order valence-corrected chi connectivity index (χ0v) is 23.1. The first-order valence-corrected chi connectivity index (χ1v) is 13.4. The van der Waals surface area contributed by atoms with Gasteiger partial charge < -0.3 is 14.5 Å². The van der Waals surface area contributed by atoms with Crippen LogP contribution in [0.25, 0.3) is 10.8 Å². The first kappa shape index (κ1) is 28.3. The number of aryl methyl sites for hydroxylation is 1. The summed E-state index contributed by atoms with van der Waals surface area (Å²) in [5.74, 6) is 0.380. The highest BCUT2D eigenvalue weighted by molar-refractivity contribution is 6.31. The molecule has 1 fully saturated rings. The van der Waals surface area contributed by atoms with Crippen molar-refractivity contribution in [2.75, 3.05) is 52.2 Å². The van der Waals surface area contributed by atoms with Crippen molar-refractivity contribution >= 4 is 46.1 Å². The predicted octanol–water partition coefficient (Wildman–Crippen LogP) is 4.06. The quantitative estimate of drug-likeness (QED) is 0.408. The van der Waals surface area contributed by atoms with Gasteiger partial charge in [0.1, 0.15) is 12.4 Å². The number of benzene rings is 2. The summed E-state index contributed by atoms with van der Waals surface area (Å²) < 4.78 is 5.55. The number of hydrogen-bond donors (Lipinski definition) is 1. The molecule has 2 aromatic carbocycles. The third-order valence-corrected chi connectivity index (χ3v) is 7.46. The van der Waals surface area contributed by atoms with Crippen LogP contribution in [-0.2, 0) is 20.7 Å². The number of nitrogens with one attached hydrogen (secondary N) is 1. The van der Waals surface area contributed by atoms with Crippen molar-refractivity contribution in [1.29, 1.82) is 0 Å². The highest BCUT2D eigenvalue weighted by Gasteiger charge is 2.26. The van der Waals surface area contributed by atoms with Crippen LogP contribution in [0.4, 0.5) is 10.6 Å².